The average Bonchev–Trinajstić information content (AvgIpc) is 2.18. The Labute approximate surface area is 95.6 Å². The highest BCUT2D eigenvalue weighted by molar-refractivity contribution is 6.30. The van der Waals surface area contributed by atoms with E-state index in [0.717, 1.165) is 6.42 Å². The van der Waals surface area contributed by atoms with Gasteiger partial charge in [-0.25, -0.2) is 4.39 Å². The molecule has 1 aromatic rings. The minimum absolute atomic E-state index is 0.251. The van der Waals surface area contributed by atoms with Crippen molar-refractivity contribution in [3.63, 3.8) is 0 Å². The molecule has 1 aromatic carbocycles. The monoisotopic (exact) mass is 229 g/mol. The lowest BCUT2D eigenvalue weighted by molar-refractivity contribution is 0.507. The van der Waals surface area contributed by atoms with Crippen molar-refractivity contribution in [3.05, 3.63) is 29.0 Å². The Balaban J connectivity index is 2.82. The molecule has 0 saturated heterocycles. The second kappa shape index (κ2) is 5.36. The van der Waals surface area contributed by atoms with Crippen LogP contribution in [0.2, 0.25) is 5.02 Å². The zero-order valence-corrected chi connectivity index (χ0v) is 10.1. The number of hydrogen-bond acceptors (Lipinski definition) is 1. The van der Waals surface area contributed by atoms with Crippen molar-refractivity contribution in [2.24, 2.45) is 5.92 Å². The van der Waals surface area contributed by atoms with Crippen molar-refractivity contribution in [1.29, 1.82) is 0 Å². The van der Waals surface area contributed by atoms with Gasteiger partial charge in [-0.1, -0.05) is 32.4 Å². The number of rotatable bonds is 4. The molecule has 0 aromatic heterocycles. The lowest BCUT2D eigenvalue weighted by Gasteiger charge is -2.22. The van der Waals surface area contributed by atoms with Crippen LogP contribution in [0, 0.1) is 11.7 Å². The molecule has 0 amide bonds. The highest BCUT2D eigenvalue weighted by Crippen LogP contribution is 2.22. The molecule has 0 fully saturated rings. The SMILES string of the molecule is CCC(Nc1cc(Cl)ccc1F)C(C)C. The van der Waals surface area contributed by atoms with Crippen molar-refractivity contribution < 1.29 is 4.39 Å². The largest absolute Gasteiger partial charge is 0.380 e. The topological polar surface area (TPSA) is 12.0 Å². The van der Waals surface area contributed by atoms with Gasteiger partial charge in [-0.3, -0.25) is 0 Å². The van der Waals surface area contributed by atoms with E-state index in [1.54, 1.807) is 12.1 Å². The second-order valence-electron chi connectivity index (χ2n) is 4.03. The lowest BCUT2D eigenvalue weighted by atomic mass is 10.0. The van der Waals surface area contributed by atoms with Crippen LogP contribution in [0.3, 0.4) is 0 Å². The lowest BCUT2D eigenvalue weighted by Crippen LogP contribution is -2.25. The first kappa shape index (κ1) is 12.3. The summed E-state index contributed by atoms with van der Waals surface area (Å²) in [6.45, 7) is 6.31. The van der Waals surface area contributed by atoms with E-state index in [1.807, 2.05) is 0 Å². The predicted molar refractivity (Wildman–Crippen MR) is 63.9 cm³/mol. The average molecular weight is 230 g/mol. The van der Waals surface area contributed by atoms with Gasteiger partial charge in [-0.2, -0.15) is 0 Å². The van der Waals surface area contributed by atoms with Crippen LogP contribution >= 0.6 is 11.6 Å². The van der Waals surface area contributed by atoms with Crippen LogP contribution < -0.4 is 5.32 Å². The van der Waals surface area contributed by atoms with E-state index in [-0.39, 0.29) is 11.9 Å². The summed E-state index contributed by atoms with van der Waals surface area (Å²) < 4.78 is 13.4. The fraction of sp³-hybridized carbons (Fsp3) is 0.500. The Morgan fingerprint density at radius 2 is 2.07 bits per heavy atom. The van der Waals surface area contributed by atoms with E-state index in [2.05, 4.69) is 26.1 Å². The molecule has 0 aliphatic heterocycles. The molecule has 0 aliphatic rings. The Morgan fingerprint density at radius 1 is 1.40 bits per heavy atom. The summed E-state index contributed by atoms with van der Waals surface area (Å²) in [7, 11) is 0. The Kier molecular flexibility index (Phi) is 4.40. The maximum atomic E-state index is 13.4. The molecule has 0 spiro atoms. The van der Waals surface area contributed by atoms with Crippen molar-refractivity contribution in [2.75, 3.05) is 5.32 Å². The van der Waals surface area contributed by atoms with Crippen molar-refractivity contribution >= 4 is 17.3 Å². The second-order valence-corrected chi connectivity index (χ2v) is 4.46. The first-order valence-electron chi connectivity index (χ1n) is 5.26. The van der Waals surface area contributed by atoms with Gasteiger partial charge in [0, 0.05) is 11.1 Å². The van der Waals surface area contributed by atoms with E-state index in [9.17, 15) is 4.39 Å². The zero-order valence-electron chi connectivity index (χ0n) is 9.35. The van der Waals surface area contributed by atoms with Gasteiger partial charge in [0.1, 0.15) is 5.82 Å². The molecular weight excluding hydrogens is 213 g/mol. The van der Waals surface area contributed by atoms with Crippen LogP contribution in [-0.4, -0.2) is 6.04 Å². The molecular formula is C12H17ClFN. The molecule has 0 bridgehead atoms. The number of halogens is 2. The standard InChI is InChI=1S/C12H17ClFN/c1-4-11(8(2)3)15-12-7-9(13)5-6-10(12)14/h5-8,11,15H,4H2,1-3H3. The van der Waals surface area contributed by atoms with Crippen molar-refractivity contribution in [1.82, 2.24) is 0 Å². The van der Waals surface area contributed by atoms with E-state index >= 15 is 0 Å². The molecule has 1 rings (SSSR count). The summed E-state index contributed by atoms with van der Waals surface area (Å²) >= 11 is 5.82. The molecule has 0 aliphatic carbocycles. The van der Waals surface area contributed by atoms with E-state index < -0.39 is 0 Å². The normalized spacial score (nSPS) is 12.9. The third kappa shape index (κ3) is 3.38. The molecule has 1 N–H and O–H groups in total. The van der Waals surface area contributed by atoms with Gasteiger partial charge in [-0.15, -0.1) is 0 Å². The summed E-state index contributed by atoms with van der Waals surface area (Å²) in [5.41, 5.74) is 0.489. The summed E-state index contributed by atoms with van der Waals surface area (Å²) in [6.07, 6.45) is 0.962. The van der Waals surface area contributed by atoms with Gasteiger partial charge in [0.2, 0.25) is 0 Å². The van der Waals surface area contributed by atoms with E-state index in [4.69, 9.17) is 11.6 Å². The smallest absolute Gasteiger partial charge is 0.146 e. The van der Waals surface area contributed by atoms with Gasteiger partial charge >= 0.3 is 0 Å². The predicted octanol–water partition coefficient (Wildman–Crippen LogP) is 4.33. The van der Waals surface area contributed by atoms with Crippen LogP contribution in [0.15, 0.2) is 18.2 Å². The Hall–Kier alpha value is -0.760. The third-order valence-corrected chi connectivity index (χ3v) is 2.75. The quantitative estimate of drug-likeness (QED) is 0.811. The number of nitrogens with one attached hydrogen (secondary N) is 1. The first-order chi connectivity index (χ1) is 7.04. The molecule has 1 unspecified atom stereocenters. The van der Waals surface area contributed by atoms with Crippen LogP contribution in [0.1, 0.15) is 27.2 Å². The summed E-state index contributed by atoms with van der Waals surface area (Å²) in [5.74, 6) is 0.215. The number of benzene rings is 1. The fourth-order valence-electron chi connectivity index (χ4n) is 1.55. The maximum absolute atomic E-state index is 13.4. The van der Waals surface area contributed by atoms with Crippen LogP contribution in [-0.2, 0) is 0 Å². The molecule has 3 heteroatoms. The fourth-order valence-corrected chi connectivity index (χ4v) is 1.72. The zero-order chi connectivity index (χ0) is 11.4. The van der Waals surface area contributed by atoms with Crippen LogP contribution in [0.25, 0.3) is 0 Å². The third-order valence-electron chi connectivity index (χ3n) is 2.51. The summed E-state index contributed by atoms with van der Waals surface area (Å²) in [4.78, 5) is 0. The molecule has 0 radical (unpaired) electrons. The molecule has 1 nitrogen and oxygen atoms in total. The first-order valence-corrected chi connectivity index (χ1v) is 5.64. The Bertz CT molecular complexity index is 325. The molecule has 0 saturated carbocycles. The molecule has 0 heterocycles. The van der Waals surface area contributed by atoms with Crippen molar-refractivity contribution in [3.8, 4) is 0 Å². The van der Waals surface area contributed by atoms with E-state index in [0.29, 0.717) is 16.6 Å². The highest BCUT2D eigenvalue weighted by Gasteiger charge is 2.12. The van der Waals surface area contributed by atoms with Crippen LogP contribution in [0.5, 0.6) is 0 Å². The molecule has 84 valence electrons. The number of hydrogen-bond donors (Lipinski definition) is 1. The Morgan fingerprint density at radius 3 is 2.60 bits per heavy atom. The maximum Gasteiger partial charge on any atom is 0.146 e. The molecule has 15 heavy (non-hydrogen) atoms. The minimum atomic E-state index is -0.251. The van der Waals surface area contributed by atoms with Gasteiger partial charge in [0.05, 0.1) is 5.69 Å². The van der Waals surface area contributed by atoms with Gasteiger partial charge in [0.25, 0.3) is 0 Å². The van der Waals surface area contributed by atoms with Gasteiger partial charge < -0.3 is 5.32 Å². The number of anilines is 1. The van der Waals surface area contributed by atoms with Gasteiger partial charge in [0.15, 0.2) is 0 Å². The van der Waals surface area contributed by atoms with E-state index in [1.165, 1.54) is 6.07 Å². The summed E-state index contributed by atoms with van der Waals surface area (Å²) in [5, 5.41) is 3.73. The minimum Gasteiger partial charge on any atom is -0.380 e. The summed E-state index contributed by atoms with van der Waals surface area (Å²) in [6, 6.07) is 4.84. The van der Waals surface area contributed by atoms with Crippen molar-refractivity contribution in [2.45, 2.75) is 33.2 Å². The van der Waals surface area contributed by atoms with Crippen LogP contribution in [0.4, 0.5) is 10.1 Å². The van der Waals surface area contributed by atoms with Gasteiger partial charge in [-0.05, 0) is 30.5 Å². The highest BCUT2D eigenvalue weighted by atomic mass is 35.5. The molecule has 1 atom stereocenters.